The van der Waals surface area contributed by atoms with Crippen molar-refractivity contribution in [3.05, 3.63) is 0 Å². The lowest BCUT2D eigenvalue weighted by Crippen LogP contribution is -2.27. The van der Waals surface area contributed by atoms with E-state index in [-0.39, 0.29) is 11.4 Å². The molecule has 0 rings (SSSR count). The zero-order valence-corrected chi connectivity index (χ0v) is 10.2. The summed E-state index contributed by atoms with van der Waals surface area (Å²) in [6.07, 6.45) is 0.700. The number of thiol groups is 1. The van der Waals surface area contributed by atoms with Gasteiger partial charge in [0.05, 0.1) is 7.11 Å². The summed E-state index contributed by atoms with van der Waals surface area (Å²) in [7, 11) is 1.34. The summed E-state index contributed by atoms with van der Waals surface area (Å²) >= 11 is 9.19. The average Bonchev–Trinajstić information content (AvgIpc) is 1.98. The van der Waals surface area contributed by atoms with Gasteiger partial charge in [0.2, 0.25) is 0 Å². The van der Waals surface area contributed by atoms with E-state index in [4.69, 9.17) is 12.2 Å². The number of carbonyl (C=O) groups excluding carboxylic acids is 1. The fraction of sp³-hybridized carbons (Fsp3) is 0.778. The van der Waals surface area contributed by atoms with E-state index in [0.29, 0.717) is 11.3 Å². The van der Waals surface area contributed by atoms with Gasteiger partial charge in [-0.05, 0) is 11.8 Å². The van der Waals surface area contributed by atoms with E-state index in [1.54, 1.807) is 0 Å². The summed E-state index contributed by atoms with van der Waals surface area (Å²) in [5.41, 5.74) is 0.0894. The van der Waals surface area contributed by atoms with Crippen LogP contribution in [0.3, 0.4) is 0 Å². The van der Waals surface area contributed by atoms with Gasteiger partial charge in [0.1, 0.15) is 5.25 Å². The van der Waals surface area contributed by atoms with Crippen molar-refractivity contribution in [2.24, 2.45) is 5.41 Å². The number of thiocarbonyl (C=S) groups is 1. The predicted molar refractivity (Wildman–Crippen MR) is 61.5 cm³/mol. The quantitative estimate of drug-likeness (QED) is 0.449. The van der Waals surface area contributed by atoms with Crippen LogP contribution in [-0.4, -0.2) is 23.2 Å². The van der Waals surface area contributed by atoms with Gasteiger partial charge in [-0.25, -0.2) is 0 Å². The second-order valence-corrected chi connectivity index (χ2v) is 5.17. The summed E-state index contributed by atoms with van der Waals surface area (Å²) in [4.78, 5) is 11.7. The van der Waals surface area contributed by atoms with Crippen LogP contribution in [-0.2, 0) is 9.53 Å². The fourth-order valence-corrected chi connectivity index (χ4v) is 1.59. The number of esters is 1. The highest BCUT2D eigenvalue weighted by Gasteiger charge is 2.23. The molecule has 2 nitrogen and oxygen atoms in total. The summed E-state index contributed by atoms with van der Waals surface area (Å²) in [5, 5.41) is -0.570. The molecule has 0 aliphatic carbocycles. The highest BCUT2D eigenvalue weighted by molar-refractivity contribution is 7.87. The molecule has 1 unspecified atom stereocenters. The summed E-state index contributed by atoms with van der Waals surface area (Å²) in [6, 6.07) is 0. The first-order valence-corrected chi connectivity index (χ1v) is 4.99. The molecule has 0 fully saturated rings. The topological polar surface area (TPSA) is 26.3 Å². The van der Waals surface area contributed by atoms with Gasteiger partial charge in [0.15, 0.2) is 0 Å². The minimum Gasteiger partial charge on any atom is -0.468 e. The Labute approximate surface area is 90.4 Å². The second-order valence-electron chi connectivity index (χ2n) is 4.13. The van der Waals surface area contributed by atoms with Gasteiger partial charge in [-0.3, -0.25) is 4.79 Å². The van der Waals surface area contributed by atoms with Crippen LogP contribution in [0.2, 0.25) is 0 Å². The SMILES string of the molecule is COC(=O)C(S)C(=S)CC(C)(C)C. The van der Waals surface area contributed by atoms with Crippen molar-refractivity contribution in [3.63, 3.8) is 0 Å². The van der Waals surface area contributed by atoms with Gasteiger partial charge in [-0.2, -0.15) is 12.6 Å². The van der Waals surface area contributed by atoms with E-state index in [1.807, 2.05) is 0 Å². The molecule has 0 aliphatic rings. The lowest BCUT2D eigenvalue weighted by molar-refractivity contribution is -0.138. The Balaban J connectivity index is 4.20. The van der Waals surface area contributed by atoms with Crippen LogP contribution in [0.25, 0.3) is 0 Å². The average molecular weight is 220 g/mol. The Hall–Kier alpha value is -0.0900. The predicted octanol–water partition coefficient (Wildman–Crippen LogP) is 2.26. The van der Waals surface area contributed by atoms with Crippen LogP contribution in [0.1, 0.15) is 27.2 Å². The number of hydrogen-bond acceptors (Lipinski definition) is 4. The second kappa shape index (κ2) is 4.96. The van der Waals surface area contributed by atoms with Crippen LogP contribution in [0.4, 0.5) is 0 Å². The normalized spacial score (nSPS) is 13.6. The monoisotopic (exact) mass is 220 g/mol. The molecule has 0 heterocycles. The Bertz CT molecular complexity index is 206. The van der Waals surface area contributed by atoms with Crippen molar-refractivity contribution < 1.29 is 9.53 Å². The molecule has 0 amide bonds. The van der Waals surface area contributed by atoms with Gasteiger partial charge in [-0.15, -0.1) is 0 Å². The third-order valence-corrected chi connectivity index (χ3v) is 2.51. The maximum Gasteiger partial charge on any atom is 0.323 e. The van der Waals surface area contributed by atoms with Crippen molar-refractivity contribution in [1.29, 1.82) is 0 Å². The summed E-state index contributed by atoms with van der Waals surface area (Å²) in [6.45, 7) is 6.20. The van der Waals surface area contributed by atoms with E-state index in [2.05, 4.69) is 38.1 Å². The van der Waals surface area contributed by atoms with Crippen LogP contribution in [0, 0.1) is 5.41 Å². The maximum absolute atomic E-state index is 11.1. The first-order chi connectivity index (χ1) is 5.78. The van der Waals surface area contributed by atoms with E-state index < -0.39 is 5.25 Å². The van der Waals surface area contributed by atoms with Gasteiger partial charge in [0.25, 0.3) is 0 Å². The van der Waals surface area contributed by atoms with Crippen LogP contribution >= 0.6 is 24.8 Å². The first-order valence-electron chi connectivity index (χ1n) is 4.06. The van der Waals surface area contributed by atoms with Gasteiger partial charge in [0, 0.05) is 4.86 Å². The van der Waals surface area contributed by atoms with E-state index in [1.165, 1.54) is 7.11 Å². The molecule has 0 N–H and O–H groups in total. The maximum atomic E-state index is 11.1. The zero-order valence-electron chi connectivity index (χ0n) is 8.46. The molecule has 13 heavy (non-hydrogen) atoms. The van der Waals surface area contributed by atoms with Crippen molar-refractivity contribution >= 4 is 35.7 Å². The molecule has 0 aromatic rings. The smallest absolute Gasteiger partial charge is 0.323 e. The third kappa shape index (κ3) is 5.26. The Morgan fingerprint density at radius 3 is 2.31 bits per heavy atom. The Morgan fingerprint density at radius 1 is 1.54 bits per heavy atom. The van der Waals surface area contributed by atoms with Crippen molar-refractivity contribution in [3.8, 4) is 0 Å². The first kappa shape index (κ1) is 12.9. The highest BCUT2D eigenvalue weighted by atomic mass is 32.1. The number of ether oxygens (including phenoxy) is 1. The molecule has 0 saturated heterocycles. The summed E-state index contributed by atoms with van der Waals surface area (Å²) < 4.78 is 4.54. The van der Waals surface area contributed by atoms with Crippen LogP contribution in [0.15, 0.2) is 0 Å². The number of methoxy groups -OCH3 is 1. The van der Waals surface area contributed by atoms with Crippen molar-refractivity contribution in [1.82, 2.24) is 0 Å². The lowest BCUT2D eigenvalue weighted by atomic mass is 9.89. The molecule has 0 aliphatic heterocycles. The zero-order chi connectivity index (χ0) is 10.6. The van der Waals surface area contributed by atoms with Gasteiger partial charge >= 0.3 is 5.97 Å². The van der Waals surface area contributed by atoms with E-state index >= 15 is 0 Å². The standard InChI is InChI=1S/C9H16O2S2/c1-9(2,3)5-6(12)7(13)8(10)11-4/h7,13H,5H2,1-4H3. The Morgan fingerprint density at radius 2 is 2.00 bits per heavy atom. The van der Waals surface area contributed by atoms with Crippen LogP contribution < -0.4 is 0 Å². The van der Waals surface area contributed by atoms with Crippen molar-refractivity contribution in [2.45, 2.75) is 32.4 Å². The molecule has 4 heteroatoms. The molecule has 0 aromatic carbocycles. The number of rotatable bonds is 3. The van der Waals surface area contributed by atoms with Crippen molar-refractivity contribution in [2.75, 3.05) is 7.11 Å². The van der Waals surface area contributed by atoms with Gasteiger partial charge in [-0.1, -0.05) is 33.0 Å². The lowest BCUT2D eigenvalue weighted by Gasteiger charge is -2.20. The number of carbonyl (C=O) groups is 1. The molecule has 0 saturated carbocycles. The highest BCUT2D eigenvalue weighted by Crippen LogP contribution is 2.22. The molecular formula is C9H16O2S2. The van der Waals surface area contributed by atoms with Crippen LogP contribution in [0.5, 0.6) is 0 Å². The molecule has 0 bridgehead atoms. The molecule has 1 atom stereocenters. The summed E-state index contributed by atoms with van der Waals surface area (Å²) in [5.74, 6) is -0.377. The van der Waals surface area contributed by atoms with Gasteiger partial charge < -0.3 is 4.74 Å². The van der Waals surface area contributed by atoms with E-state index in [0.717, 1.165) is 0 Å². The molecular weight excluding hydrogens is 204 g/mol. The minimum absolute atomic E-state index is 0.0894. The molecule has 0 aromatic heterocycles. The molecule has 0 radical (unpaired) electrons. The van der Waals surface area contributed by atoms with E-state index in [9.17, 15) is 4.79 Å². The third-order valence-electron chi connectivity index (χ3n) is 1.43. The Kier molecular flexibility index (Phi) is 4.92. The minimum atomic E-state index is -0.570. The fourth-order valence-electron chi connectivity index (χ4n) is 0.862. The molecule has 76 valence electrons. The number of hydrogen-bond donors (Lipinski definition) is 1. The molecule has 0 spiro atoms. The largest absolute Gasteiger partial charge is 0.468 e.